The zero-order valence-electron chi connectivity index (χ0n) is 13.6. The van der Waals surface area contributed by atoms with Crippen molar-refractivity contribution in [2.75, 3.05) is 33.2 Å². The highest BCUT2D eigenvalue weighted by atomic mass is 35.5. The Morgan fingerprint density at radius 3 is 2.82 bits per heavy atom. The molecule has 0 spiro atoms. The molecule has 0 aliphatic carbocycles. The van der Waals surface area contributed by atoms with Crippen LogP contribution in [0.3, 0.4) is 0 Å². The van der Waals surface area contributed by atoms with E-state index >= 15 is 0 Å². The molecule has 1 aliphatic heterocycles. The average molecular weight is 324 g/mol. The van der Waals surface area contributed by atoms with Crippen LogP contribution in [0.25, 0.3) is 0 Å². The van der Waals surface area contributed by atoms with Crippen molar-refractivity contribution in [1.29, 1.82) is 0 Å². The number of amides is 1. The van der Waals surface area contributed by atoms with Crippen molar-refractivity contribution in [2.24, 2.45) is 5.92 Å². The predicted molar refractivity (Wildman–Crippen MR) is 90.3 cm³/mol. The molecule has 1 amide bonds. The molecule has 4 nitrogen and oxygen atoms in total. The van der Waals surface area contributed by atoms with Crippen LogP contribution in [0.2, 0.25) is 5.02 Å². The summed E-state index contributed by atoms with van der Waals surface area (Å²) in [5.74, 6) is 0.693. The number of rotatable bonds is 6. The lowest BCUT2D eigenvalue weighted by molar-refractivity contribution is 0.0667. The molecular weight excluding hydrogens is 298 g/mol. The summed E-state index contributed by atoms with van der Waals surface area (Å²) >= 11 is 5.93. The van der Waals surface area contributed by atoms with Gasteiger partial charge in [-0.15, -0.1) is 0 Å². The monoisotopic (exact) mass is 323 g/mol. The molecule has 0 atom stereocenters. The van der Waals surface area contributed by atoms with Crippen molar-refractivity contribution in [3.05, 3.63) is 29.0 Å². The number of hydrogen-bond donors (Lipinski definition) is 0. The van der Waals surface area contributed by atoms with Gasteiger partial charge in [-0.1, -0.05) is 24.9 Å². The van der Waals surface area contributed by atoms with Crippen molar-refractivity contribution in [2.45, 2.75) is 32.6 Å². The molecule has 1 saturated heterocycles. The Morgan fingerprint density at radius 1 is 1.45 bits per heavy atom. The number of hydrogen-bond acceptors (Lipinski definition) is 3. The van der Waals surface area contributed by atoms with Crippen LogP contribution in [-0.4, -0.2) is 53.9 Å². The van der Waals surface area contributed by atoms with E-state index in [0.717, 1.165) is 32.5 Å². The van der Waals surface area contributed by atoms with Gasteiger partial charge in [0.25, 0.3) is 5.91 Å². The van der Waals surface area contributed by atoms with Crippen LogP contribution in [-0.2, 0) is 0 Å². The minimum atomic E-state index is 0.000266. The number of piperidine rings is 1. The number of nitrogens with zero attached hydrogens (tertiary/aromatic N) is 3. The summed E-state index contributed by atoms with van der Waals surface area (Å²) in [4.78, 5) is 20.9. The Kier molecular flexibility index (Phi) is 6.65. The zero-order chi connectivity index (χ0) is 15.9. The first-order valence-electron chi connectivity index (χ1n) is 8.19. The van der Waals surface area contributed by atoms with E-state index in [2.05, 4.69) is 23.9 Å². The fourth-order valence-corrected chi connectivity index (χ4v) is 3.12. The summed E-state index contributed by atoms with van der Waals surface area (Å²) in [6.07, 6.45) is 6.23. The van der Waals surface area contributed by atoms with Crippen LogP contribution in [0.4, 0.5) is 0 Å². The van der Waals surface area contributed by atoms with Gasteiger partial charge in [0.15, 0.2) is 0 Å². The molecule has 1 fully saturated rings. The van der Waals surface area contributed by atoms with Crippen molar-refractivity contribution in [1.82, 2.24) is 14.8 Å². The van der Waals surface area contributed by atoms with Gasteiger partial charge in [-0.2, -0.15) is 0 Å². The number of carbonyl (C=O) groups is 1. The molecule has 1 aliphatic rings. The van der Waals surface area contributed by atoms with Crippen LogP contribution in [0.1, 0.15) is 43.1 Å². The minimum absolute atomic E-state index is 0.000266. The highest BCUT2D eigenvalue weighted by molar-refractivity contribution is 6.30. The van der Waals surface area contributed by atoms with Crippen molar-refractivity contribution in [3.8, 4) is 0 Å². The van der Waals surface area contributed by atoms with E-state index < -0.39 is 0 Å². The van der Waals surface area contributed by atoms with Gasteiger partial charge in [-0.05, 0) is 50.9 Å². The smallest absolute Gasteiger partial charge is 0.272 e. The Hall–Kier alpha value is -1.13. The Morgan fingerprint density at radius 2 is 2.18 bits per heavy atom. The molecule has 0 saturated carbocycles. The van der Waals surface area contributed by atoms with Gasteiger partial charge in [-0.3, -0.25) is 9.78 Å². The van der Waals surface area contributed by atoms with Gasteiger partial charge in [0.05, 0.1) is 0 Å². The van der Waals surface area contributed by atoms with Gasteiger partial charge >= 0.3 is 0 Å². The van der Waals surface area contributed by atoms with E-state index in [9.17, 15) is 4.79 Å². The van der Waals surface area contributed by atoms with Crippen molar-refractivity contribution < 1.29 is 4.79 Å². The number of halogens is 1. The first-order valence-corrected chi connectivity index (χ1v) is 8.57. The van der Waals surface area contributed by atoms with Crippen LogP contribution < -0.4 is 0 Å². The summed E-state index contributed by atoms with van der Waals surface area (Å²) in [6.45, 7) is 6.17. The first-order chi connectivity index (χ1) is 10.6. The van der Waals surface area contributed by atoms with Crippen LogP contribution in [0, 0.1) is 5.92 Å². The molecule has 0 unspecified atom stereocenters. The third-order valence-corrected chi connectivity index (χ3v) is 4.54. The van der Waals surface area contributed by atoms with E-state index in [0.29, 0.717) is 16.6 Å². The molecule has 5 heteroatoms. The molecule has 1 aromatic heterocycles. The highest BCUT2D eigenvalue weighted by Gasteiger charge is 2.25. The maximum Gasteiger partial charge on any atom is 0.272 e. The zero-order valence-corrected chi connectivity index (χ0v) is 14.4. The largest absolute Gasteiger partial charge is 0.337 e. The molecular formula is C17H26ClN3O. The molecule has 0 aromatic carbocycles. The van der Waals surface area contributed by atoms with Crippen LogP contribution >= 0.6 is 11.6 Å². The topological polar surface area (TPSA) is 36.4 Å². The highest BCUT2D eigenvalue weighted by Crippen LogP contribution is 2.20. The van der Waals surface area contributed by atoms with E-state index in [-0.39, 0.29) is 5.91 Å². The van der Waals surface area contributed by atoms with Gasteiger partial charge in [0.1, 0.15) is 5.69 Å². The second-order valence-corrected chi connectivity index (χ2v) is 6.65. The fraction of sp³-hybridized carbons (Fsp3) is 0.647. The molecule has 0 N–H and O–H groups in total. The quantitative estimate of drug-likeness (QED) is 0.805. The fourth-order valence-electron chi connectivity index (χ4n) is 2.96. The molecule has 0 radical (unpaired) electrons. The van der Waals surface area contributed by atoms with Crippen LogP contribution in [0.15, 0.2) is 18.3 Å². The van der Waals surface area contributed by atoms with Gasteiger partial charge in [-0.25, -0.2) is 0 Å². The summed E-state index contributed by atoms with van der Waals surface area (Å²) in [5.41, 5.74) is 0.450. The first kappa shape index (κ1) is 17.2. The average Bonchev–Trinajstić information content (AvgIpc) is 2.53. The molecule has 1 aromatic rings. The number of carbonyl (C=O) groups excluding carboxylic acids is 1. The second kappa shape index (κ2) is 8.49. The number of aromatic nitrogens is 1. The lowest BCUT2D eigenvalue weighted by atomic mass is 9.96. The summed E-state index contributed by atoms with van der Waals surface area (Å²) in [5, 5.41) is 0.561. The Balaban J connectivity index is 1.80. The Bertz CT molecular complexity index is 487. The molecule has 0 bridgehead atoms. The summed E-state index contributed by atoms with van der Waals surface area (Å²) in [6, 6.07) is 3.34. The lowest BCUT2D eigenvalue weighted by Crippen LogP contribution is -2.41. The molecule has 122 valence electrons. The van der Waals surface area contributed by atoms with E-state index in [1.807, 2.05) is 4.90 Å². The lowest BCUT2D eigenvalue weighted by Gasteiger charge is -2.33. The minimum Gasteiger partial charge on any atom is -0.337 e. The van der Waals surface area contributed by atoms with E-state index in [1.165, 1.54) is 19.4 Å². The number of likely N-dealkylation sites (tertiary alicyclic amines) is 1. The standard InChI is InChI=1S/C17H26ClN3O/c1-3-4-9-20(2)13-14-6-10-21(11-7-14)17(22)16-12-15(18)5-8-19-16/h5,8,12,14H,3-4,6-7,9-11,13H2,1-2H3. The number of unbranched alkanes of at least 4 members (excludes halogenated alkanes) is 1. The predicted octanol–water partition coefficient (Wildman–Crippen LogP) is 3.32. The summed E-state index contributed by atoms with van der Waals surface area (Å²) < 4.78 is 0. The SMILES string of the molecule is CCCCN(C)CC1CCN(C(=O)c2cc(Cl)ccn2)CC1. The Labute approximate surface area is 138 Å². The van der Waals surface area contributed by atoms with Crippen LogP contribution in [0.5, 0.6) is 0 Å². The van der Waals surface area contributed by atoms with Gasteiger partial charge in [0.2, 0.25) is 0 Å². The molecule has 2 heterocycles. The molecule has 22 heavy (non-hydrogen) atoms. The maximum atomic E-state index is 12.4. The summed E-state index contributed by atoms with van der Waals surface area (Å²) in [7, 11) is 2.20. The van der Waals surface area contributed by atoms with Crippen molar-refractivity contribution >= 4 is 17.5 Å². The van der Waals surface area contributed by atoms with E-state index in [4.69, 9.17) is 11.6 Å². The van der Waals surface area contributed by atoms with Gasteiger partial charge in [0, 0.05) is 30.9 Å². The van der Waals surface area contributed by atoms with Gasteiger partial charge < -0.3 is 9.80 Å². The third kappa shape index (κ3) is 4.96. The number of pyridine rings is 1. The third-order valence-electron chi connectivity index (χ3n) is 4.31. The van der Waals surface area contributed by atoms with Crippen molar-refractivity contribution in [3.63, 3.8) is 0 Å². The molecule has 2 rings (SSSR count). The van der Waals surface area contributed by atoms with E-state index in [1.54, 1.807) is 18.3 Å². The maximum absolute atomic E-state index is 12.4. The normalized spacial score (nSPS) is 16.3. The second-order valence-electron chi connectivity index (χ2n) is 6.21.